The Kier molecular flexibility index (Phi) is 22.4. The van der Waals surface area contributed by atoms with Crippen molar-refractivity contribution in [2.24, 2.45) is 10.8 Å². The van der Waals surface area contributed by atoms with E-state index in [0.717, 1.165) is 12.5 Å². The molecule has 0 radical (unpaired) electrons. The van der Waals surface area contributed by atoms with Crippen molar-refractivity contribution >= 4 is 29.8 Å². The fourth-order valence-corrected chi connectivity index (χ4v) is 5.72. The first kappa shape index (κ1) is 60.4. The quantitative estimate of drug-likeness (QED) is 0.0235. The van der Waals surface area contributed by atoms with Gasteiger partial charge >= 0.3 is 29.8 Å². The highest BCUT2D eigenvalue weighted by atomic mass is 16.6. The molecule has 0 saturated heterocycles. The summed E-state index contributed by atoms with van der Waals surface area (Å²) in [5, 5.41) is 55.7. The fourth-order valence-electron chi connectivity index (χ4n) is 5.72. The number of benzene rings is 6. The van der Waals surface area contributed by atoms with Gasteiger partial charge in [0.25, 0.3) is 0 Å². The lowest BCUT2D eigenvalue weighted by Gasteiger charge is -2.20. The van der Waals surface area contributed by atoms with E-state index in [0.29, 0.717) is 41.8 Å². The van der Waals surface area contributed by atoms with Crippen molar-refractivity contribution < 1.29 is 92.5 Å². The van der Waals surface area contributed by atoms with E-state index < -0.39 is 34.5 Å². The van der Waals surface area contributed by atoms with Crippen molar-refractivity contribution in [1.82, 2.24) is 0 Å². The number of carbonyl (C=O) groups is 5. The Bertz CT molecular complexity index is 2910. The summed E-state index contributed by atoms with van der Waals surface area (Å²) in [6.45, 7) is 14.3. The summed E-state index contributed by atoms with van der Waals surface area (Å²) in [6, 6.07) is 31.2. The summed E-state index contributed by atoms with van der Waals surface area (Å²) < 4.78 is 41.6. The zero-order valence-electron chi connectivity index (χ0n) is 43.9. The first-order valence-electron chi connectivity index (χ1n) is 24.2. The molecule has 6 N–H and O–H groups in total. The zero-order valence-corrected chi connectivity index (χ0v) is 43.9. The predicted molar refractivity (Wildman–Crippen MR) is 280 cm³/mol. The molecule has 0 spiro atoms. The van der Waals surface area contributed by atoms with Crippen molar-refractivity contribution in [3.05, 3.63) is 133 Å². The van der Waals surface area contributed by atoms with Crippen LogP contribution in [0.4, 0.5) is 0 Å². The maximum absolute atomic E-state index is 12.0. The molecule has 1 atom stereocenters. The molecule has 77 heavy (non-hydrogen) atoms. The Morgan fingerprint density at radius 1 is 0.377 bits per heavy atom. The molecule has 1 unspecified atom stereocenters. The number of phenols is 6. The van der Waals surface area contributed by atoms with Crippen LogP contribution in [-0.2, 0) is 24.0 Å². The van der Waals surface area contributed by atoms with Crippen LogP contribution in [0.15, 0.2) is 127 Å². The van der Waals surface area contributed by atoms with E-state index in [4.69, 9.17) is 37.9 Å². The summed E-state index contributed by atoms with van der Waals surface area (Å²) in [4.78, 5) is 59.4. The standard InChI is InChI=1S/2C20H22O7.C18H20O5/c1-4-20(2,3)19(24)27-14-7-5-13(6-8-14)26-18(23)12-25-15-9-10-16(21)17(22)11-15;1-4-20(2,3)19(24)27-14-7-5-13(6-8-14)25-12-18(23)26-15-9-10-16(21)17(22)11-15;1-3-12(2)13-4-6-14(7-5-13)23-18(21)11-22-15-8-9-16(19)17(20)10-15/h2*5-11,21-22H,4,12H2,1-3H3;4-10,12,19-20H,3,11H2,1-2H3. The fraction of sp³-hybridized carbons (Fsp3) is 0.293. The van der Waals surface area contributed by atoms with Crippen LogP contribution in [0.3, 0.4) is 0 Å². The van der Waals surface area contributed by atoms with Crippen LogP contribution in [0, 0.1) is 10.8 Å². The molecule has 6 rings (SSSR count). The predicted octanol–water partition coefficient (Wildman–Crippen LogP) is 10.4. The van der Waals surface area contributed by atoms with Crippen LogP contribution < -0.4 is 37.9 Å². The maximum atomic E-state index is 12.0. The number of hydrogen-bond donors (Lipinski definition) is 6. The minimum absolute atomic E-state index is 0.0831. The summed E-state index contributed by atoms with van der Waals surface area (Å²) in [6.07, 6.45) is 2.36. The molecule has 0 aliphatic rings. The van der Waals surface area contributed by atoms with E-state index >= 15 is 0 Å². The van der Waals surface area contributed by atoms with Gasteiger partial charge in [-0.15, -0.1) is 0 Å². The Morgan fingerprint density at radius 3 is 0.987 bits per heavy atom. The molecule has 0 bridgehead atoms. The molecule has 0 aliphatic carbocycles. The first-order valence-corrected chi connectivity index (χ1v) is 24.2. The van der Waals surface area contributed by atoms with Gasteiger partial charge in [0.2, 0.25) is 0 Å². The smallest absolute Gasteiger partial charge is 0.349 e. The van der Waals surface area contributed by atoms with Crippen LogP contribution in [0.2, 0.25) is 0 Å². The molecule has 6 aromatic rings. The zero-order chi connectivity index (χ0) is 56.9. The number of carbonyl (C=O) groups excluding carboxylic acids is 5. The maximum Gasteiger partial charge on any atom is 0.349 e. The third kappa shape index (κ3) is 19.9. The van der Waals surface area contributed by atoms with Gasteiger partial charge < -0.3 is 68.5 Å². The molecule has 19 heteroatoms. The van der Waals surface area contributed by atoms with Crippen molar-refractivity contribution in [2.45, 2.75) is 80.6 Å². The largest absolute Gasteiger partial charge is 0.504 e. The van der Waals surface area contributed by atoms with Crippen molar-refractivity contribution in [2.75, 3.05) is 19.8 Å². The normalized spacial score (nSPS) is 11.2. The number of esters is 5. The average Bonchev–Trinajstić information content (AvgIpc) is 3.41. The van der Waals surface area contributed by atoms with Gasteiger partial charge in [0.15, 0.2) is 54.3 Å². The molecule has 410 valence electrons. The molecule has 19 nitrogen and oxygen atoms in total. The minimum Gasteiger partial charge on any atom is -0.504 e. The van der Waals surface area contributed by atoms with E-state index in [-0.39, 0.29) is 83.5 Å². The molecular weight excluding hydrogens is 1000 g/mol. The molecule has 0 aromatic heterocycles. The van der Waals surface area contributed by atoms with Gasteiger partial charge in [-0.3, -0.25) is 9.59 Å². The molecule has 0 heterocycles. The summed E-state index contributed by atoms with van der Waals surface area (Å²) in [5.74, 6) is -1.53. The molecule has 0 amide bonds. The van der Waals surface area contributed by atoms with Crippen LogP contribution in [0.1, 0.15) is 86.1 Å². The van der Waals surface area contributed by atoms with Gasteiger partial charge in [-0.2, -0.15) is 0 Å². The van der Waals surface area contributed by atoms with E-state index in [1.165, 1.54) is 78.4 Å². The van der Waals surface area contributed by atoms with Gasteiger partial charge in [-0.25, -0.2) is 14.4 Å². The number of hydrogen-bond acceptors (Lipinski definition) is 19. The number of ether oxygens (including phenoxy) is 8. The Hall–Kier alpha value is -9.13. The van der Waals surface area contributed by atoms with Crippen LogP contribution in [-0.4, -0.2) is 80.3 Å². The lowest BCUT2D eigenvalue weighted by atomic mass is 9.91. The topological polar surface area (TPSA) is 281 Å². The highest BCUT2D eigenvalue weighted by Gasteiger charge is 2.28. The number of rotatable bonds is 20. The Morgan fingerprint density at radius 2 is 0.649 bits per heavy atom. The van der Waals surface area contributed by atoms with Gasteiger partial charge in [-0.1, -0.05) is 39.8 Å². The van der Waals surface area contributed by atoms with Gasteiger partial charge in [-0.05, 0) is 156 Å². The second-order valence-electron chi connectivity index (χ2n) is 18.3. The SMILES string of the molecule is CCC(C)(C)C(=O)Oc1ccc(OC(=O)COc2ccc(O)c(O)c2)cc1.CCC(C)(C)C(=O)Oc1ccc(OCC(=O)Oc2ccc(O)c(O)c2)cc1.CCC(C)c1ccc(OC(=O)COc2ccc(O)c(O)c2)cc1. The van der Waals surface area contributed by atoms with Gasteiger partial charge in [0.1, 0.15) is 46.0 Å². The van der Waals surface area contributed by atoms with E-state index in [9.17, 15) is 54.6 Å². The third-order valence-corrected chi connectivity index (χ3v) is 11.6. The van der Waals surface area contributed by atoms with E-state index in [1.807, 2.05) is 39.8 Å². The average molecular weight is 1070 g/mol. The summed E-state index contributed by atoms with van der Waals surface area (Å²) >= 11 is 0. The second-order valence-corrected chi connectivity index (χ2v) is 18.3. The van der Waals surface area contributed by atoms with Crippen LogP contribution in [0.25, 0.3) is 0 Å². The first-order chi connectivity index (χ1) is 36.4. The summed E-state index contributed by atoms with van der Waals surface area (Å²) in [5.41, 5.74) is 0.0512. The third-order valence-electron chi connectivity index (χ3n) is 11.6. The number of phenolic OH excluding ortho intramolecular Hbond substituents is 6. The lowest BCUT2D eigenvalue weighted by Crippen LogP contribution is -2.28. The monoisotopic (exact) mass is 1060 g/mol. The Labute approximate surface area is 445 Å². The van der Waals surface area contributed by atoms with Crippen molar-refractivity contribution in [3.8, 4) is 80.5 Å². The lowest BCUT2D eigenvalue weighted by molar-refractivity contribution is -0.144. The molecule has 6 aromatic carbocycles. The second kappa shape index (κ2) is 28.5. The van der Waals surface area contributed by atoms with Gasteiger partial charge in [0.05, 0.1) is 10.8 Å². The molecular formula is C58H64O19. The van der Waals surface area contributed by atoms with E-state index in [2.05, 4.69) is 13.8 Å². The van der Waals surface area contributed by atoms with E-state index in [1.54, 1.807) is 50.2 Å². The van der Waals surface area contributed by atoms with Crippen LogP contribution in [0.5, 0.6) is 80.5 Å². The van der Waals surface area contributed by atoms with Crippen LogP contribution >= 0.6 is 0 Å². The van der Waals surface area contributed by atoms with Gasteiger partial charge in [0, 0.05) is 18.2 Å². The van der Waals surface area contributed by atoms with Crippen molar-refractivity contribution in [3.63, 3.8) is 0 Å². The highest BCUT2D eigenvalue weighted by Crippen LogP contribution is 2.32. The molecule has 0 fully saturated rings. The highest BCUT2D eigenvalue weighted by molar-refractivity contribution is 5.79. The summed E-state index contributed by atoms with van der Waals surface area (Å²) in [7, 11) is 0. The molecule has 0 aliphatic heterocycles. The van der Waals surface area contributed by atoms with Crippen molar-refractivity contribution in [1.29, 1.82) is 0 Å². The Balaban J connectivity index is 0.000000250. The minimum atomic E-state index is -0.680. The molecule has 0 saturated carbocycles. The number of aromatic hydroxyl groups is 6.